The molecular weight excluding hydrogens is 472 g/mol. The summed E-state index contributed by atoms with van der Waals surface area (Å²) in [7, 11) is -3.12. The Kier molecular flexibility index (Phi) is 5.80. The average molecular weight is 485 g/mol. The minimum Gasteiger partial charge on any atom is -0.497 e. The van der Waals surface area contributed by atoms with Crippen molar-refractivity contribution in [2.24, 2.45) is 4.99 Å². The van der Waals surface area contributed by atoms with Crippen molar-refractivity contribution >= 4 is 45.0 Å². The number of amides is 1. The maximum absolute atomic E-state index is 13.0. The highest BCUT2D eigenvalue weighted by Gasteiger charge is 2.50. The zero-order valence-electron chi connectivity index (χ0n) is 15.3. The number of carbonyl (C=O) groups is 1. The number of aliphatic imine (C=N–C) groups is 1. The number of alkyl halides is 3. The molecule has 0 spiro atoms. The van der Waals surface area contributed by atoms with E-state index in [9.17, 15) is 26.4 Å². The predicted molar refractivity (Wildman–Crippen MR) is 102 cm³/mol. The molecule has 14 heteroatoms. The third-order valence-corrected chi connectivity index (χ3v) is 6.27. The van der Waals surface area contributed by atoms with Gasteiger partial charge in [0, 0.05) is 19.2 Å². The van der Waals surface area contributed by atoms with E-state index >= 15 is 0 Å². The number of benzene rings is 1. The second-order valence-electron chi connectivity index (χ2n) is 6.08. The monoisotopic (exact) mass is 484 g/mol. The van der Waals surface area contributed by atoms with Gasteiger partial charge in [-0.1, -0.05) is 28.1 Å². The lowest BCUT2D eigenvalue weighted by Crippen LogP contribution is -2.50. The first-order chi connectivity index (χ1) is 13.8. The summed E-state index contributed by atoms with van der Waals surface area (Å²) in [4.78, 5) is 17.1. The van der Waals surface area contributed by atoms with Crippen LogP contribution in [0.3, 0.4) is 0 Å². The molecule has 0 aliphatic carbocycles. The number of hydrogen-bond donors (Lipinski definition) is 1. The topological polar surface area (TPSA) is 94.0 Å². The van der Waals surface area contributed by atoms with Gasteiger partial charge in [-0.15, -0.1) is 13.2 Å². The number of rotatable bonds is 4. The molecule has 0 unspecified atom stereocenters. The van der Waals surface area contributed by atoms with E-state index in [4.69, 9.17) is 27.9 Å². The van der Waals surface area contributed by atoms with Crippen LogP contribution in [0.4, 0.5) is 13.2 Å². The molecule has 1 aromatic rings. The van der Waals surface area contributed by atoms with Crippen molar-refractivity contribution in [1.82, 2.24) is 14.5 Å². The van der Waals surface area contributed by atoms with Crippen molar-refractivity contribution < 1.29 is 31.1 Å². The third kappa shape index (κ3) is 4.13. The lowest BCUT2D eigenvalue weighted by molar-refractivity contribution is -0.231. The summed E-state index contributed by atoms with van der Waals surface area (Å²) in [5.41, 5.74) is -0.405. The molecule has 0 atom stereocenters. The van der Waals surface area contributed by atoms with Crippen LogP contribution < -0.4 is 14.4 Å². The van der Waals surface area contributed by atoms with Gasteiger partial charge in [0.25, 0.3) is 15.9 Å². The number of halogens is 5. The van der Waals surface area contributed by atoms with Gasteiger partial charge >= 0.3 is 12.1 Å². The van der Waals surface area contributed by atoms with E-state index in [1.165, 1.54) is 26.2 Å². The highest BCUT2D eigenvalue weighted by atomic mass is 35.5. The van der Waals surface area contributed by atoms with Gasteiger partial charge in [0.2, 0.25) is 6.67 Å². The quantitative estimate of drug-likeness (QED) is 0.523. The first-order valence-electron chi connectivity index (χ1n) is 8.04. The van der Waals surface area contributed by atoms with Gasteiger partial charge in [0.05, 0.1) is 12.1 Å². The molecule has 0 fully saturated rings. The second-order valence-corrected chi connectivity index (χ2v) is 8.55. The Morgan fingerprint density at radius 1 is 1.33 bits per heavy atom. The molecule has 2 heterocycles. The summed E-state index contributed by atoms with van der Waals surface area (Å²) in [6, 6.07) is 3.82. The van der Waals surface area contributed by atoms with E-state index in [2.05, 4.69) is 4.99 Å². The number of methoxy groups -OCH3 is 1. The summed E-state index contributed by atoms with van der Waals surface area (Å²) in [5.74, 6) is -1.07. The van der Waals surface area contributed by atoms with Crippen molar-refractivity contribution in [3.05, 3.63) is 45.8 Å². The normalized spacial score (nSPS) is 17.5. The van der Waals surface area contributed by atoms with Crippen LogP contribution >= 0.6 is 23.2 Å². The predicted octanol–water partition coefficient (Wildman–Crippen LogP) is 2.81. The Bertz CT molecular complexity index is 1120. The molecule has 0 aromatic heterocycles. The molecule has 2 aliphatic rings. The highest BCUT2D eigenvalue weighted by molar-refractivity contribution is 7.90. The Morgan fingerprint density at radius 3 is 2.60 bits per heavy atom. The van der Waals surface area contributed by atoms with Crippen molar-refractivity contribution in [1.29, 1.82) is 0 Å². The van der Waals surface area contributed by atoms with E-state index in [-0.39, 0.29) is 32.2 Å². The molecule has 0 bridgehead atoms. The maximum Gasteiger partial charge on any atom is 0.488 e. The van der Waals surface area contributed by atoms with Gasteiger partial charge in [0.15, 0.2) is 11.4 Å². The van der Waals surface area contributed by atoms with Crippen molar-refractivity contribution in [3.63, 3.8) is 0 Å². The number of hydrogen-bond acceptors (Lipinski definition) is 7. The molecule has 3 rings (SSSR count). The standard InChI is InChI=1S/C16H13Cl2F3N4O4S/c1-8-13(22-14-11(18)6-24(7-25(8)14)16(19,20)21)15(26)23-30(27,28)12-5-9(29-2)3-4-10(12)17/h3-6H,7H2,1-2H3,(H,23,26)/q+1. The summed E-state index contributed by atoms with van der Waals surface area (Å²) in [5, 5.41) is -0.525. The minimum absolute atomic E-state index is 0.00469. The first-order valence-corrected chi connectivity index (χ1v) is 10.3. The van der Waals surface area contributed by atoms with Crippen LogP contribution in [0.1, 0.15) is 6.92 Å². The Morgan fingerprint density at radius 2 is 2.00 bits per heavy atom. The number of amidine groups is 1. The van der Waals surface area contributed by atoms with Crippen LogP contribution in [0.15, 0.2) is 50.7 Å². The van der Waals surface area contributed by atoms with E-state index in [1.807, 2.05) is 0 Å². The molecule has 2 aliphatic heterocycles. The fraction of sp³-hybridized carbons (Fsp3) is 0.250. The fourth-order valence-corrected chi connectivity index (χ4v) is 4.42. The molecule has 1 N–H and O–H groups in total. The van der Waals surface area contributed by atoms with Crippen LogP contribution in [0.5, 0.6) is 5.75 Å². The van der Waals surface area contributed by atoms with Gasteiger partial charge in [-0.25, -0.2) is 18.0 Å². The van der Waals surface area contributed by atoms with E-state index in [1.54, 1.807) is 4.72 Å². The second kappa shape index (κ2) is 7.76. The molecule has 161 valence electrons. The van der Waals surface area contributed by atoms with Crippen LogP contribution in [-0.4, -0.2) is 45.1 Å². The molecule has 1 radical (unpaired) electrons. The number of ether oxygens (including phenoxy) is 1. The minimum atomic E-state index is -4.70. The van der Waals surface area contributed by atoms with Crippen molar-refractivity contribution in [2.75, 3.05) is 13.8 Å². The number of allylic oxidation sites excluding steroid dienone is 1. The number of nitrogens with zero attached hydrogens (tertiary/aromatic N) is 3. The molecule has 8 nitrogen and oxygen atoms in total. The number of fused-ring (bicyclic) bond motifs is 1. The number of sulfonamides is 1. The van der Waals surface area contributed by atoms with Gasteiger partial charge in [-0.05, 0) is 12.1 Å². The SMILES string of the molecule is COc1ccc(Cl)c(S(=O)(=O)NC(=O)C2=C(C)[N+]3CN(C(F)(F)F)C=C(Cl)C3=N2)c1. The molecule has 1 amide bonds. The highest BCUT2D eigenvalue weighted by Crippen LogP contribution is 2.33. The molecule has 0 saturated heterocycles. The Balaban J connectivity index is 1.90. The van der Waals surface area contributed by atoms with Crippen LogP contribution in [0.25, 0.3) is 0 Å². The van der Waals surface area contributed by atoms with E-state index < -0.39 is 39.5 Å². The zero-order valence-corrected chi connectivity index (χ0v) is 17.6. The van der Waals surface area contributed by atoms with Crippen molar-refractivity contribution in [2.45, 2.75) is 18.1 Å². The Labute approximate surface area is 179 Å². The number of nitrogens with one attached hydrogen (secondary N) is 1. The summed E-state index contributed by atoms with van der Waals surface area (Å²) >= 11 is 11.8. The van der Waals surface area contributed by atoms with E-state index in [0.717, 1.165) is 11.0 Å². The van der Waals surface area contributed by atoms with Gasteiger partial charge in [0.1, 0.15) is 15.7 Å². The lowest BCUT2D eigenvalue weighted by Gasteiger charge is -2.26. The smallest absolute Gasteiger partial charge is 0.488 e. The summed E-state index contributed by atoms with van der Waals surface area (Å²) < 4.78 is 71.0. The maximum atomic E-state index is 13.0. The molecule has 0 saturated carbocycles. The molecule has 30 heavy (non-hydrogen) atoms. The average Bonchev–Trinajstić information content (AvgIpc) is 2.98. The number of carbonyl (C=O) groups excluding carboxylic acids is 1. The lowest BCUT2D eigenvalue weighted by atomic mass is 10.3. The van der Waals surface area contributed by atoms with Crippen LogP contribution in [0, 0.1) is 0 Å². The fourth-order valence-electron chi connectivity index (χ4n) is 2.69. The first kappa shape index (κ1) is 22.4. The molecular formula is C16H13Cl2F3N4O4S+. The van der Waals surface area contributed by atoms with Gasteiger partial charge < -0.3 is 4.74 Å². The van der Waals surface area contributed by atoms with Crippen LogP contribution in [0.2, 0.25) is 5.02 Å². The zero-order chi connectivity index (χ0) is 22.4. The van der Waals surface area contributed by atoms with Crippen LogP contribution in [-0.2, 0) is 14.8 Å². The Hall–Kier alpha value is -2.28. The van der Waals surface area contributed by atoms with Crippen molar-refractivity contribution in [3.8, 4) is 5.75 Å². The van der Waals surface area contributed by atoms with Gasteiger partial charge in [-0.3, -0.25) is 4.79 Å². The van der Waals surface area contributed by atoms with E-state index in [0.29, 0.717) is 6.20 Å². The summed E-state index contributed by atoms with van der Waals surface area (Å²) in [6.45, 7) is 0.621. The third-order valence-electron chi connectivity index (χ3n) is 4.19. The summed E-state index contributed by atoms with van der Waals surface area (Å²) in [6.07, 6.45) is -4.07. The molecule has 1 aromatic carbocycles. The largest absolute Gasteiger partial charge is 0.497 e. The van der Waals surface area contributed by atoms with Gasteiger partial charge in [-0.2, -0.15) is 4.99 Å².